The van der Waals surface area contributed by atoms with Crippen molar-refractivity contribution in [1.29, 1.82) is 0 Å². The normalized spacial score (nSPS) is 11.1. The van der Waals surface area contributed by atoms with E-state index in [-0.39, 0.29) is 0 Å². The van der Waals surface area contributed by atoms with E-state index in [1.807, 2.05) is 26.0 Å². The molecule has 2 aromatic heterocycles. The third kappa shape index (κ3) is 3.82. The zero-order valence-corrected chi connectivity index (χ0v) is 16.8. The molecular formula is C20H20N6OS. The molecule has 0 atom stereocenters. The van der Waals surface area contributed by atoms with Crippen molar-refractivity contribution in [2.75, 3.05) is 0 Å². The van der Waals surface area contributed by atoms with Crippen molar-refractivity contribution in [2.24, 2.45) is 0 Å². The van der Waals surface area contributed by atoms with E-state index in [1.165, 1.54) is 17.3 Å². The summed E-state index contributed by atoms with van der Waals surface area (Å²) in [6, 6.07) is 14.4. The number of rotatable bonds is 6. The first-order valence-corrected chi connectivity index (χ1v) is 10.0. The van der Waals surface area contributed by atoms with Crippen LogP contribution in [0, 0.1) is 13.8 Å². The molecule has 0 aliphatic carbocycles. The average Bonchev–Trinajstić information content (AvgIpc) is 3.37. The van der Waals surface area contributed by atoms with Gasteiger partial charge in [-0.2, -0.15) is 9.67 Å². The van der Waals surface area contributed by atoms with Crippen LogP contribution in [0.25, 0.3) is 17.1 Å². The Labute approximate surface area is 167 Å². The number of nitrogens with zero attached hydrogens (tertiary/aromatic N) is 6. The first-order chi connectivity index (χ1) is 13.6. The van der Waals surface area contributed by atoms with Crippen LogP contribution < -0.4 is 0 Å². The van der Waals surface area contributed by atoms with Crippen molar-refractivity contribution < 1.29 is 4.52 Å². The van der Waals surface area contributed by atoms with Gasteiger partial charge in [-0.05, 0) is 53.5 Å². The third-order valence-electron chi connectivity index (χ3n) is 4.45. The Morgan fingerprint density at radius 3 is 2.68 bits per heavy atom. The average molecular weight is 392 g/mol. The minimum absolute atomic E-state index is 0.491. The Morgan fingerprint density at radius 2 is 1.89 bits per heavy atom. The SMILES string of the molecule is CCc1ccc(-c2noc(CSc3nnnn3-c3cc(C)ccc3C)n2)cc1. The highest BCUT2D eigenvalue weighted by atomic mass is 32.2. The molecule has 0 fully saturated rings. The highest BCUT2D eigenvalue weighted by Crippen LogP contribution is 2.25. The summed E-state index contributed by atoms with van der Waals surface area (Å²) < 4.78 is 7.15. The second kappa shape index (κ2) is 7.93. The van der Waals surface area contributed by atoms with E-state index in [1.54, 1.807) is 4.68 Å². The van der Waals surface area contributed by atoms with Crippen LogP contribution in [0.2, 0.25) is 0 Å². The highest BCUT2D eigenvalue weighted by molar-refractivity contribution is 7.98. The summed E-state index contributed by atoms with van der Waals surface area (Å²) in [5, 5.41) is 16.9. The van der Waals surface area contributed by atoms with Crippen LogP contribution in [-0.4, -0.2) is 30.3 Å². The zero-order valence-electron chi connectivity index (χ0n) is 16.0. The number of tetrazole rings is 1. The Balaban J connectivity index is 1.50. The smallest absolute Gasteiger partial charge is 0.237 e. The first kappa shape index (κ1) is 18.4. The van der Waals surface area contributed by atoms with Crippen molar-refractivity contribution in [1.82, 2.24) is 30.3 Å². The fourth-order valence-corrected chi connectivity index (χ4v) is 3.54. The van der Waals surface area contributed by atoms with Crippen LogP contribution in [0.3, 0.4) is 0 Å². The van der Waals surface area contributed by atoms with Crippen molar-refractivity contribution in [2.45, 2.75) is 38.1 Å². The molecule has 142 valence electrons. The molecule has 4 rings (SSSR count). The molecular weight excluding hydrogens is 372 g/mol. The van der Waals surface area contributed by atoms with Crippen molar-refractivity contribution in [3.05, 3.63) is 65.0 Å². The number of aromatic nitrogens is 6. The molecule has 0 aliphatic rings. The summed E-state index contributed by atoms with van der Waals surface area (Å²) in [5.74, 6) is 1.62. The van der Waals surface area contributed by atoms with E-state index in [9.17, 15) is 0 Å². The Bertz CT molecular complexity index is 1090. The molecule has 8 heteroatoms. The monoisotopic (exact) mass is 392 g/mol. The number of hydrogen-bond donors (Lipinski definition) is 0. The predicted octanol–water partition coefficient (Wildman–Crippen LogP) is 4.18. The summed E-state index contributed by atoms with van der Waals surface area (Å²) in [6.45, 7) is 6.22. The fraction of sp³-hybridized carbons (Fsp3) is 0.250. The van der Waals surface area contributed by atoms with Gasteiger partial charge in [0.25, 0.3) is 0 Å². The molecule has 7 nitrogen and oxygen atoms in total. The van der Waals surface area contributed by atoms with Gasteiger partial charge in [0.05, 0.1) is 11.4 Å². The zero-order chi connectivity index (χ0) is 19.5. The van der Waals surface area contributed by atoms with E-state index < -0.39 is 0 Å². The molecule has 28 heavy (non-hydrogen) atoms. The van der Waals surface area contributed by atoms with Gasteiger partial charge in [0.15, 0.2) is 0 Å². The largest absolute Gasteiger partial charge is 0.338 e. The molecule has 0 saturated carbocycles. The second-order valence-corrected chi connectivity index (χ2v) is 7.46. The molecule has 2 heterocycles. The molecule has 0 spiro atoms. The van der Waals surface area contributed by atoms with E-state index in [0.717, 1.165) is 28.8 Å². The van der Waals surface area contributed by atoms with Crippen LogP contribution in [-0.2, 0) is 12.2 Å². The molecule has 0 amide bonds. The number of benzene rings is 2. The molecule has 0 unspecified atom stereocenters. The third-order valence-corrected chi connectivity index (χ3v) is 5.35. The first-order valence-electron chi connectivity index (χ1n) is 9.04. The highest BCUT2D eigenvalue weighted by Gasteiger charge is 2.14. The lowest BCUT2D eigenvalue weighted by molar-refractivity contribution is 0.391. The predicted molar refractivity (Wildman–Crippen MR) is 107 cm³/mol. The number of hydrogen-bond acceptors (Lipinski definition) is 7. The van der Waals surface area contributed by atoms with Gasteiger partial charge in [-0.25, -0.2) is 0 Å². The Morgan fingerprint density at radius 1 is 1.07 bits per heavy atom. The van der Waals surface area contributed by atoms with Gasteiger partial charge >= 0.3 is 0 Å². The second-order valence-electron chi connectivity index (χ2n) is 6.51. The summed E-state index contributed by atoms with van der Waals surface area (Å²) in [4.78, 5) is 4.49. The molecule has 0 bridgehead atoms. The fourth-order valence-electron chi connectivity index (χ4n) is 2.81. The van der Waals surface area contributed by atoms with Gasteiger partial charge in [0.1, 0.15) is 0 Å². The minimum Gasteiger partial charge on any atom is -0.338 e. The van der Waals surface area contributed by atoms with Crippen LogP contribution in [0.15, 0.2) is 52.1 Å². The molecule has 0 radical (unpaired) electrons. The Hall–Kier alpha value is -3.00. The number of aryl methyl sites for hydroxylation is 3. The molecule has 2 aromatic carbocycles. The summed E-state index contributed by atoms with van der Waals surface area (Å²) >= 11 is 1.46. The quantitative estimate of drug-likeness (QED) is 0.455. The van der Waals surface area contributed by atoms with Crippen LogP contribution in [0.1, 0.15) is 29.5 Å². The molecule has 0 aliphatic heterocycles. The van der Waals surface area contributed by atoms with Crippen LogP contribution in [0.5, 0.6) is 0 Å². The maximum Gasteiger partial charge on any atom is 0.237 e. The van der Waals surface area contributed by atoms with Gasteiger partial charge in [-0.1, -0.05) is 60.2 Å². The summed E-state index contributed by atoms with van der Waals surface area (Å²) in [7, 11) is 0. The van der Waals surface area contributed by atoms with E-state index in [2.05, 4.69) is 62.9 Å². The van der Waals surface area contributed by atoms with Gasteiger partial charge < -0.3 is 4.52 Å². The number of thioether (sulfide) groups is 1. The lowest BCUT2D eigenvalue weighted by Gasteiger charge is -2.07. The van der Waals surface area contributed by atoms with Crippen LogP contribution >= 0.6 is 11.8 Å². The van der Waals surface area contributed by atoms with E-state index in [4.69, 9.17) is 4.52 Å². The lowest BCUT2D eigenvalue weighted by Crippen LogP contribution is -2.02. The maximum absolute atomic E-state index is 5.40. The topological polar surface area (TPSA) is 82.5 Å². The molecule has 0 N–H and O–H groups in total. The lowest BCUT2D eigenvalue weighted by atomic mass is 10.1. The maximum atomic E-state index is 5.40. The van der Waals surface area contributed by atoms with Gasteiger partial charge in [0, 0.05) is 5.56 Å². The van der Waals surface area contributed by atoms with Gasteiger partial charge in [-0.15, -0.1) is 5.10 Å². The van der Waals surface area contributed by atoms with Crippen molar-refractivity contribution in [3.63, 3.8) is 0 Å². The van der Waals surface area contributed by atoms with Crippen molar-refractivity contribution >= 4 is 11.8 Å². The standard InChI is InChI=1S/C20H20N6OS/c1-4-15-7-9-16(10-8-15)19-21-18(27-23-19)12-28-20-22-24-25-26(20)17-11-13(2)5-6-14(17)3/h5-11H,4,12H2,1-3H3. The van der Waals surface area contributed by atoms with E-state index >= 15 is 0 Å². The van der Waals surface area contributed by atoms with Crippen LogP contribution in [0.4, 0.5) is 0 Å². The minimum atomic E-state index is 0.491. The van der Waals surface area contributed by atoms with Gasteiger partial charge in [-0.3, -0.25) is 0 Å². The Kier molecular flexibility index (Phi) is 5.21. The molecule has 0 saturated heterocycles. The van der Waals surface area contributed by atoms with Gasteiger partial charge in [0.2, 0.25) is 16.9 Å². The van der Waals surface area contributed by atoms with E-state index in [0.29, 0.717) is 22.6 Å². The summed E-state index contributed by atoms with van der Waals surface area (Å²) in [5.41, 5.74) is 5.45. The van der Waals surface area contributed by atoms with Crippen molar-refractivity contribution in [3.8, 4) is 17.1 Å². The summed E-state index contributed by atoms with van der Waals surface area (Å²) in [6.07, 6.45) is 1.00. The molecule has 4 aromatic rings.